The van der Waals surface area contributed by atoms with Crippen molar-refractivity contribution in [2.75, 3.05) is 0 Å². The van der Waals surface area contributed by atoms with Crippen LogP contribution in [0.1, 0.15) is 105 Å². The highest BCUT2D eigenvalue weighted by molar-refractivity contribution is 5.84. The van der Waals surface area contributed by atoms with E-state index in [4.69, 9.17) is 0 Å². The summed E-state index contributed by atoms with van der Waals surface area (Å²) >= 11 is 0. The molecular formula is C27H46O2. The lowest BCUT2D eigenvalue weighted by Crippen LogP contribution is -2.57. The number of carbonyl (C=O) groups is 1. The summed E-state index contributed by atoms with van der Waals surface area (Å²) in [6, 6.07) is 0. The van der Waals surface area contributed by atoms with Crippen molar-refractivity contribution < 1.29 is 9.90 Å². The number of hydrogen-bond donors (Lipinski definition) is 1. The van der Waals surface area contributed by atoms with E-state index in [-0.39, 0.29) is 22.9 Å². The highest BCUT2D eigenvalue weighted by Gasteiger charge is 2.63. The summed E-state index contributed by atoms with van der Waals surface area (Å²) in [5.41, 5.74) is 0.397. The molecule has 0 bridgehead atoms. The largest absolute Gasteiger partial charge is 0.393 e. The number of aliphatic hydroxyl groups is 1. The molecule has 2 nitrogen and oxygen atoms in total. The minimum Gasteiger partial charge on any atom is -0.393 e. The lowest BCUT2D eigenvalue weighted by molar-refractivity contribution is -0.162. The number of carbonyl (C=O) groups excluding carboxylic acids is 1. The number of fused-ring (bicyclic) bond motifs is 5. The van der Waals surface area contributed by atoms with E-state index in [0.717, 1.165) is 49.4 Å². The Morgan fingerprint density at radius 2 is 1.76 bits per heavy atom. The highest BCUT2D eigenvalue weighted by atomic mass is 16.3. The second-order valence-electron chi connectivity index (χ2n) is 12.6. The molecule has 0 unspecified atom stereocenters. The molecule has 9 atom stereocenters. The number of hydrogen-bond acceptors (Lipinski definition) is 2. The van der Waals surface area contributed by atoms with Crippen LogP contribution in [0, 0.1) is 52.3 Å². The first-order chi connectivity index (χ1) is 13.7. The van der Waals surface area contributed by atoms with E-state index in [9.17, 15) is 9.90 Å². The maximum absolute atomic E-state index is 13.7. The van der Waals surface area contributed by atoms with Crippen LogP contribution >= 0.6 is 0 Å². The second-order valence-corrected chi connectivity index (χ2v) is 12.6. The van der Waals surface area contributed by atoms with E-state index in [1.165, 1.54) is 44.9 Å². The molecule has 4 aliphatic carbocycles. The van der Waals surface area contributed by atoms with Crippen molar-refractivity contribution in [3.05, 3.63) is 0 Å². The van der Waals surface area contributed by atoms with E-state index < -0.39 is 0 Å². The number of rotatable bonds is 5. The summed E-state index contributed by atoms with van der Waals surface area (Å²) in [4.78, 5) is 13.7. The fraction of sp³-hybridized carbons (Fsp3) is 0.963. The Hall–Kier alpha value is -0.370. The summed E-state index contributed by atoms with van der Waals surface area (Å²) in [6.45, 7) is 12.1. The molecule has 0 aromatic rings. The topological polar surface area (TPSA) is 37.3 Å². The molecule has 0 saturated heterocycles. The molecule has 0 heterocycles. The van der Waals surface area contributed by atoms with Gasteiger partial charge in [-0.2, -0.15) is 0 Å². The Kier molecular flexibility index (Phi) is 5.99. The standard InChI is InChI=1S/C27H46O2/c1-17(2)7-6-8-18(3)22-11-12-23-21-10-9-19-15-20(28)13-14-26(19,4)25(21)24(29)16-27(22,23)5/h17-23,25,28H,6-16H2,1-5H3/t18-,19+,20+,21-,22-,23-,25-,26+,27-/m1/s1. The van der Waals surface area contributed by atoms with Crippen LogP contribution in [-0.4, -0.2) is 17.0 Å². The van der Waals surface area contributed by atoms with Gasteiger partial charge in [0.25, 0.3) is 0 Å². The van der Waals surface area contributed by atoms with Crippen molar-refractivity contribution in [1.82, 2.24) is 0 Å². The van der Waals surface area contributed by atoms with Crippen LogP contribution in [-0.2, 0) is 4.79 Å². The van der Waals surface area contributed by atoms with Crippen LogP contribution in [0.15, 0.2) is 0 Å². The average molecular weight is 403 g/mol. The predicted octanol–water partition coefficient (Wildman–Crippen LogP) is 6.65. The van der Waals surface area contributed by atoms with Crippen molar-refractivity contribution >= 4 is 5.78 Å². The molecule has 2 heteroatoms. The highest BCUT2D eigenvalue weighted by Crippen LogP contribution is 2.67. The molecular weight excluding hydrogens is 356 g/mol. The number of aliphatic hydroxyl groups excluding tert-OH is 1. The van der Waals surface area contributed by atoms with Gasteiger partial charge in [-0.3, -0.25) is 4.79 Å². The molecule has 166 valence electrons. The maximum Gasteiger partial charge on any atom is 0.137 e. The van der Waals surface area contributed by atoms with Gasteiger partial charge in [-0.15, -0.1) is 0 Å². The molecule has 1 N–H and O–H groups in total. The van der Waals surface area contributed by atoms with Gasteiger partial charge in [-0.25, -0.2) is 0 Å². The lowest BCUT2D eigenvalue weighted by Gasteiger charge is -2.60. The van der Waals surface area contributed by atoms with Crippen LogP contribution in [0.4, 0.5) is 0 Å². The lowest BCUT2D eigenvalue weighted by atomic mass is 9.44. The van der Waals surface area contributed by atoms with Gasteiger partial charge in [0.15, 0.2) is 0 Å². The van der Waals surface area contributed by atoms with Crippen LogP contribution in [0.5, 0.6) is 0 Å². The third kappa shape index (κ3) is 3.64. The zero-order valence-electron chi connectivity index (χ0n) is 19.8. The summed E-state index contributed by atoms with van der Waals surface area (Å²) in [5, 5.41) is 10.2. The molecule has 0 aromatic carbocycles. The van der Waals surface area contributed by atoms with Crippen molar-refractivity contribution in [2.24, 2.45) is 52.3 Å². The predicted molar refractivity (Wildman–Crippen MR) is 119 cm³/mol. The van der Waals surface area contributed by atoms with Crippen molar-refractivity contribution in [1.29, 1.82) is 0 Å². The van der Waals surface area contributed by atoms with E-state index in [2.05, 4.69) is 34.6 Å². The Morgan fingerprint density at radius 3 is 2.48 bits per heavy atom. The second kappa shape index (κ2) is 7.95. The third-order valence-corrected chi connectivity index (χ3v) is 10.5. The smallest absolute Gasteiger partial charge is 0.137 e. The van der Waals surface area contributed by atoms with E-state index in [1.54, 1.807) is 0 Å². The van der Waals surface area contributed by atoms with Gasteiger partial charge in [-0.1, -0.05) is 53.9 Å². The maximum atomic E-state index is 13.7. The van der Waals surface area contributed by atoms with Crippen LogP contribution < -0.4 is 0 Å². The molecule has 0 aromatic heterocycles. The first-order valence-electron chi connectivity index (χ1n) is 12.9. The summed E-state index contributed by atoms with van der Waals surface area (Å²) < 4.78 is 0. The zero-order chi connectivity index (χ0) is 21.0. The Bertz CT molecular complexity index is 612. The van der Waals surface area contributed by atoms with Gasteiger partial charge in [0, 0.05) is 12.3 Å². The average Bonchev–Trinajstić information content (AvgIpc) is 2.98. The van der Waals surface area contributed by atoms with Crippen molar-refractivity contribution in [3.63, 3.8) is 0 Å². The van der Waals surface area contributed by atoms with Crippen molar-refractivity contribution in [2.45, 2.75) is 111 Å². The van der Waals surface area contributed by atoms with Gasteiger partial charge in [0.05, 0.1) is 6.10 Å². The van der Waals surface area contributed by atoms with Crippen LogP contribution in [0.3, 0.4) is 0 Å². The summed E-state index contributed by atoms with van der Waals surface area (Å²) in [6.07, 6.45) is 12.8. The van der Waals surface area contributed by atoms with E-state index >= 15 is 0 Å². The third-order valence-electron chi connectivity index (χ3n) is 10.5. The van der Waals surface area contributed by atoms with E-state index in [0.29, 0.717) is 17.6 Å². The SMILES string of the molecule is CC(C)CCC[C@@H](C)[C@H]1CC[C@@H]2[C@H]3CC[C@H]4C[C@@H](O)CC[C@]4(C)[C@H]3C(=O)C[C@@]21C. The van der Waals surface area contributed by atoms with Crippen molar-refractivity contribution in [3.8, 4) is 0 Å². The minimum atomic E-state index is -0.129. The first-order valence-corrected chi connectivity index (χ1v) is 12.9. The van der Waals surface area contributed by atoms with Crippen LogP contribution in [0.25, 0.3) is 0 Å². The molecule has 4 fully saturated rings. The molecule has 29 heavy (non-hydrogen) atoms. The fourth-order valence-corrected chi connectivity index (χ4v) is 9.07. The molecule has 4 rings (SSSR count). The molecule has 0 radical (unpaired) electrons. The molecule has 4 aliphatic rings. The van der Waals surface area contributed by atoms with Crippen LogP contribution in [0.2, 0.25) is 0 Å². The van der Waals surface area contributed by atoms with Gasteiger partial charge in [0.2, 0.25) is 0 Å². The van der Waals surface area contributed by atoms with Gasteiger partial charge in [0.1, 0.15) is 5.78 Å². The number of ketones is 1. The van der Waals surface area contributed by atoms with E-state index in [1.807, 2.05) is 0 Å². The molecule has 4 saturated carbocycles. The number of Topliss-reactive ketones (excluding diaryl/α,β-unsaturated/α-hetero) is 1. The summed E-state index contributed by atoms with van der Waals surface area (Å²) in [5.74, 6) is 5.11. The molecule has 0 spiro atoms. The summed E-state index contributed by atoms with van der Waals surface area (Å²) in [7, 11) is 0. The van der Waals surface area contributed by atoms with Gasteiger partial charge < -0.3 is 5.11 Å². The Labute approximate surface area is 179 Å². The monoisotopic (exact) mass is 402 g/mol. The normalized spacial score (nSPS) is 48.2. The fourth-order valence-electron chi connectivity index (χ4n) is 9.07. The zero-order valence-corrected chi connectivity index (χ0v) is 19.8. The van der Waals surface area contributed by atoms with Gasteiger partial charge >= 0.3 is 0 Å². The van der Waals surface area contributed by atoms with Gasteiger partial charge in [-0.05, 0) is 91.3 Å². The molecule has 0 amide bonds. The Morgan fingerprint density at radius 1 is 1.00 bits per heavy atom. The minimum absolute atomic E-state index is 0.129. The molecule has 0 aliphatic heterocycles. The quantitative estimate of drug-likeness (QED) is 0.559. The Balaban J connectivity index is 1.52. The first kappa shape index (κ1) is 21.8.